The number of hydrogen-bond acceptors (Lipinski definition) is 6. The highest BCUT2D eigenvalue weighted by atomic mass is 32.2. The summed E-state index contributed by atoms with van der Waals surface area (Å²) in [6.45, 7) is 4.40. The summed E-state index contributed by atoms with van der Waals surface area (Å²) < 4.78 is 0. The zero-order valence-corrected chi connectivity index (χ0v) is 13.2. The lowest BCUT2D eigenvalue weighted by molar-refractivity contribution is 0.768. The van der Waals surface area contributed by atoms with Crippen molar-refractivity contribution in [3.63, 3.8) is 0 Å². The molecule has 19 heavy (non-hydrogen) atoms. The number of thiophene rings is 1. The first-order valence-electron chi connectivity index (χ1n) is 6.51. The molecule has 104 valence electrons. The van der Waals surface area contributed by atoms with Gasteiger partial charge in [0.1, 0.15) is 10.6 Å². The van der Waals surface area contributed by atoms with E-state index in [1.54, 1.807) is 11.3 Å². The molecule has 2 rings (SSSR count). The van der Waals surface area contributed by atoms with Crippen molar-refractivity contribution >= 4 is 45.1 Å². The van der Waals surface area contributed by atoms with Gasteiger partial charge in [-0.25, -0.2) is 4.98 Å². The Morgan fingerprint density at radius 2 is 2.26 bits per heavy atom. The fourth-order valence-corrected chi connectivity index (χ4v) is 3.36. The van der Waals surface area contributed by atoms with E-state index in [1.807, 2.05) is 18.8 Å². The predicted octanol–water partition coefficient (Wildman–Crippen LogP) is 3.68. The Bertz CT molecular complexity index is 526. The number of aromatic nitrogens is 2. The second-order valence-corrected chi connectivity index (χ2v) is 6.60. The molecular formula is C13H20N4S2. The molecule has 0 aliphatic rings. The number of rotatable bonds is 7. The van der Waals surface area contributed by atoms with Crippen LogP contribution in [0, 0.1) is 0 Å². The Kier molecular flexibility index (Phi) is 5.27. The lowest BCUT2D eigenvalue weighted by Gasteiger charge is -2.15. The number of nitrogens with one attached hydrogen (secondary N) is 2. The molecule has 1 unspecified atom stereocenters. The molecule has 6 heteroatoms. The Morgan fingerprint density at radius 3 is 3.00 bits per heavy atom. The summed E-state index contributed by atoms with van der Waals surface area (Å²) in [4.78, 5) is 10.0. The van der Waals surface area contributed by atoms with Gasteiger partial charge in [0.2, 0.25) is 5.95 Å². The third-order valence-corrected chi connectivity index (χ3v) is 4.57. The molecule has 0 spiro atoms. The monoisotopic (exact) mass is 296 g/mol. The maximum atomic E-state index is 4.53. The smallest absolute Gasteiger partial charge is 0.225 e. The van der Waals surface area contributed by atoms with E-state index < -0.39 is 0 Å². The van der Waals surface area contributed by atoms with Crippen LogP contribution in [-0.2, 0) is 0 Å². The quantitative estimate of drug-likeness (QED) is 0.763. The van der Waals surface area contributed by atoms with Crippen molar-refractivity contribution in [3.8, 4) is 0 Å². The SMILES string of the molecule is CCSCCC(C)Nc1nc(NC)nc2sccc12. The van der Waals surface area contributed by atoms with Gasteiger partial charge < -0.3 is 10.6 Å². The molecule has 0 amide bonds. The van der Waals surface area contributed by atoms with Crippen molar-refractivity contribution in [2.24, 2.45) is 0 Å². The summed E-state index contributed by atoms with van der Waals surface area (Å²) in [5.74, 6) is 3.97. The van der Waals surface area contributed by atoms with Crippen molar-refractivity contribution < 1.29 is 0 Å². The topological polar surface area (TPSA) is 49.8 Å². The summed E-state index contributed by atoms with van der Waals surface area (Å²) in [6.07, 6.45) is 1.14. The van der Waals surface area contributed by atoms with Crippen LogP contribution >= 0.6 is 23.1 Å². The molecule has 0 aliphatic carbocycles. The van der Waals surface area contributed by atoms with E-state index in [2.05, 4.69) is 45.9 Å². The summed E-state index contributed by atoms with van der Waals surface area (Å²) >= 11 is 3.62. The van der Waals surface area contributed by atoms with Crippen LogP contribution in [0.3, 0.4) is 0 Å². The van der Waals surface area contributed by atoms with Crippen LogP contribution < -0.4 is 10.6 Å². The average Bonchev–Trinajstić information content (AvgIpc) is 2.87. The molecule has 0 aliphatic heterocycles. The zero-order chi connectivity index (χ0) is 13.7. The number of anilines is 2. The van der Waals surface area contributed by atoms with Crippen molar-refractivity contribution in [3.05, 3.63) is 11.4 Å². The van der Waals surface area contributed by atoms with Crippen LogP contribution in [0.5, 0.6) is 0 Å². The molecule has 0 aromatic carbocycles. The second kappa shape index (κ2) is 6.96. The van der Waals surface area contributed by atoms with Gasteiger partial charge in [-0.2, -0.15) is 16.7 Å². The van der Waals surface area contributed by atoms with Gasteiger partial charge in [-0.1, -0.05) is 6.92 Å². The Hall–Kier alpha value is -1.01. The van der Waals surface area contributed by atoms with Crippen LogP contribution in [0.1, 0.15) is 20.3 Å². The molecule has 0 saturated carbocycles. The number of thioether (sulfide) groups is 1. The van der Waals surface area contributed by atoms with Crippen LogP contribution in [0.25, 0.3) is 10.2 Å². The van der Waals surface area contributed by atoms with Gasteiger partial charge in [0, 0.05) is 13.1 Å². The highest BCUT2D eigenvalue weighted by Gasteiger charge is 2.10. The van der Waals surface area contributed by atoms with Gasteiger partial charge in [-0.3, -0.25) is 0 Å². The van der Waals surface area contributed by atoms with Crippen molar-refractivity contribution in [2.75, 3.05) is 29.2 Å². The third-order valence-electron chi connectivity index (χ3n) is 2.83. The number of nitrogens with zero attached hydrogens (tertiary/aromatic N) is 2. The van der Waals surface area contributed by atoms with E-state index in [4.69, 9.17) is 0 Å². The second-order valence-electron chi connectivity index (χ2n) is 4.32. The van der Waals surface area contributed by atoms with Crippen LogP contribution in [0.2, 0.25) is 0 Å². The molecule has 2 aromatic rings. The summed E-state index contributed by atoms with van der Waals surface area (Å²) in [5.41, 5.74) is 0. The summed E-state index contributed by atoms with van der Waals surface area (Å²) in [5, 5.41) is 9.69. The Labute approximate surface area is 122 Å². The lowest BCUT2D eigenvalue weighted by atomic mass is 10.2. The van der Waals surface area contributed by atoms with Gasteiger partial charge in [0.25, 0.3) is 0 Å². The molecule has 4 nitrogen and oxygen atoms in total. The van der Waals surface area contributed by atoms with Crippen molar-refractivity contribution in [2.45, 2.75) is 26.3 Å². The fraction of sp³-hybridized carbons (Fsp3) is 0.538. The normalized spacial score (nSPS) is 12.6. The highest BCUT2D eigenvalue weighted by molar-refractivity contribution is 7.99. The molecule has 0 saturated heterocycles. The van der Waals surface area contributed by atoms with Gasteiger partial charge in [-0.05, 0) is 36.3 Å². The summed E-state index contributed by atoms with van der Waals surface area (Å²) in [6, 6.07) is 2.50. The van der Waals surface area contributed by atoms with E-state index in [9.17, 15) is 0 Å². The molecule has 2 N–H and O–H groups in total. The van der Waals surface area contributed by atoms with E-state index in [0.29, 0.717) is 12.0 Å². The van der Waals surface area contributed by atoms with Crippen LogP contribution in [-0.4, -0.2) is 34.6 Å². The largest absolute Gasteiger partial charge is 0.367 e. The van der Waals surface area contributed by atoms with Gasteiger partial charge in [0.05, 0.1) is 5.39 Å². The van der Waals surface area contributed by atoms with E-state index in [0.717, 1.165) is 22.5 Å². The molecule has 2 heterocycles. The number of fused-ring (bicyclic) bond motifs is 1. The van der Waals surface area contributed by atoms with Crippen LogP contribution in [0.15, 0.2) is 11.4 Å². The van der Waals surface area contributed by atoms with Crippen LogP contribution in [0.4, 0.5) is 11.8 Å². The highest BCUT2D eigenvalue weighted by Crippen LogP contribution is 2.27. The zero-order valence-electron chi connectivity index (χ0n) is 11.6. The average molecular weight is 296 g/mol. The molecule has 0 radical (unpaired) electrons. The standard InChI is InChI=1S/C13H20N4S2/c1-4-18-7-5-9(2)15-11-10-6-8-19-12(10)17-13(14-3)16-11/h6,8-9H,4-5,7H2,1-3H3,(H2,14,15,16,17). The minimum Gasteiger partial charge on any atom is -0.367 e. The van der Waals surface area contributed by atoms with Gasteiger partial charge in [-0.15, -0.1) is 11.3 Å². The third kappa shape index (κ3) is 3.73. The predicted molar refractivity (Wildman–Crippen MR) is 87.7 cm³/mol. The maximum Gasteiger partial charge on any atom is 0.225 e. The first-order chi connectivity index (χ1) is 9.24. The molecule has 1 atom stereocenters. The Morgan fingerprint density at radius 1 is 1.42 bits per heavy atom. The molecule has 0 bridgehead atoms. The first-order valence-corrected chi connectivity index (χ1v) is 8.55. The minimum absolute atomic E-state index is 0.418. The van der Waals surface area contributed by atoms with E-state index >= 15 is 0 Å². The minimum atomic E-state index is 0.418. The van der Waals surface area contributed by atoms with Gasteiger partial charge in [0.15, 0.2) is 0 Å². The summed E-state index contributed by atoms with van der Waals surface area (Å²) in [7, 11) is 1.85. The van der Waals surface area contributed by atoms with E-state index in [1.165, 1.54) is 11.5 Å². The van der Waals surface area contributed by atoms with Crippen molar-refractivity contribution in [1.82, 2.24) is 9.97 Å². The molecule has 2 aromatic heterocycles. The number of hydrogen-bond donors (Lipinski definition) is 2. The Balaban J connectivity index is 2.12. The van der Waals surface area contributed by atoms with Crippen molar-refractivity contribution in [1.29, 1.82) is 0 Å². The van der Waals surface area contributed by atoms with Gasteiger partial charge >= 0.3 is 0 Å². The maximum absolute atomic E-state index is 4.53. The molecular weight excluding hydrogens is 276 g/mol. The van der Waals surface area contributed by atoms with E-state index in [-0.39, 0.29) is 0 Å². The lowest BCUT2D eigenvalue weighted by Crippen LogP contribution is -2.17. The first kappa shape index (κ1) is 14.4. The fourth-order valence-electron chi connectivity index (χ4n) is 1.79. The molecule has 0 fully saturated rings.